The minimum atomic E-state index is -0.222. The van der Waals surface area contributed by atoms with Crippen LogP contribution in [0.4, 0.5) is 11.4 Å². The third kappa shape index (κ3) is 5.61. The molecule has 0 radical (unpaired) electrons. The molecule has 0 saturated carbocycles. The number of ether oxygens (including phenoxy) is 1. The van der Waals surface area contributed by atoms with Crippen molar-refractivity contribution in [3.05, 3.63) is 69.3 Å². The number of hydrogen-bond acceptors (Lipinski definition) is 7. The van der Waals surface area contributed by atoms with Gasteiger partial charge in [-0.25, -0.2) is 4.98 Å². The van der Waals surface area contributed by atoms with Gasteiger partial charge in [-0.05, 0) is 86.7 Å². The van der Waals surface area contributed by atoms with Gasteiger partial charge in [-0.3, -0.25) is 19.0 Å². The van der Waals surface area contributed by atoms with E-state index in [2.05, 4.69) is 10.6 Å². The van der Waals surface area contributed by atoms with Crippen molar-refractivity contribution < 1.29 is 14.3 Å². The fourth-order valence-corrected chi connectivity index (χ4v) is 6.65. The van der Waals surface area contributed by atoms with Crippen molar-refractivity contribution in [2.45, 2.75) is 44.7 Å². The Labute approximate surface area is 228 Å². The maximum absolute atomic E-state index is 13.9. The van der Waals surface area contributed by atoms with Gasteiger partial charge in [0, 0.05) is 23.2 Å². The lowest BCUT2D eigenvalue weighted by atomic mass is 9.97. The summed E-state index contributed by atoms with van der Waals surface area (Å²) in [6, 6.07) is 14.3. The molecule has 196 valence electrons. The van der Waals surface area contributed by atoms with Crippen molar-refractivity contribution in [1.29, 1.82) is 0 Å². The topological polar surface area (TPSA) is 102 Å². The summed E-state index contributed by atoms with van der Waals surface area (Å²) in [5, 5.41) is 6.74. The van der Waals surface area contributed by atoms with Gasteiger partial charge < -0.3 is 15.4 Å². The molecule has 38 heavy (non-hydrogen) atoms. The quantitative estimate of drug-likeness (QED) is 0.225. The second kappa shape index (κ2) is 11.4. The first-order valence-corrected chi connectivity index (χ1v) is 14.3. The smallest absolute Gasteiger partial charge is 0.267 e. The van der Waals surface area contributed by atoms with E-state index in [0.29, 0.717) is 34.2 Å². The molecule has 0 fully saturated rings. The third-order valence-electron chi connectivity index (χ3n) is 6.19. The van der Waals surface area contributed by atoms with Gasteiger partial charge in [-0.15, -0.1) is 11.3 Å². The minimum Gasteiger partial charge on any atom is -0.494 e. The summed E-state index contributed by atoms with van der Waals surface area (Å²) in [5.41, 5.74) is 2.98. The van der Waals surface area contributed by atoms with Gasteiger partial charge in [-0.2, -0.15) is 0 Å². The summed E-state index contributed by atoms with van der Waals surface area (Å²) in [6.07, 6.45) is 4.07. The van der Waals surface area contributed by atoms with E-state index in [9.17, 15) is 14.4 Å². The lowest BCUT2D eigenvalue weighted by molar-refractivity contribution is -0.114. The van der Waals surface area contributed by atoms with Gasteiger partial charge in [0.1, 0.15) is 10.6 Å². The van der Waals surface area contributed by atoms with E-state index < -0.39 is 0 Å². The number of nitrogens with zero attached hydrogens (tertiary/aromatic N) is 2. The predicted molar refractivity (Wildman–Crippen MR) is 153 cm³/mol. The molecule has 1 aliphatic carbocycles. The summed E-state index contributed by atoms with van der Waals surface area (Å²) in [6.45, 7) is 3.92. The highest BCUT2D eigenvalue weighted by Gasteiger charge is 2.23. The maximum atomic E-state index is 13.9. The van der Waals surface area contributed by atoms with Crippen molar-refractivity contribution in [2.24, 2.45) is 0 Å². The SMILES string of the molecule is CCOc1ccc(-n2c(SCC(=O)Nc3ccc(NC(C)=O)cc3)nc3sc4c(c3c2=O)CCCC4)cc1. The van der Waals surface area contributed by atoms with Crippen LogP contribution in [-0.4, -0.2) is 33.7 Å². The van der Waals surface area contributed by atoms with Crippen LogP contribution in [-0.2, 0) is 22.4 Å². The molecule has 2 aromatic carbocycles. The van der Waals surface area contributed by atoms with Crippen LogP contribution in [0, 0.1) is 0 Å². The molecular weight excluding hydrogens is 520 g/mol. The second-order valence-electron chi connectivity index (χ2n) is 8.95. The van der Waals surface area contributed by atoms with Crippen molar-refractivity contribution in [2.75, 3.05) is 23.0 Å². The van der Waals surface area contributed by atoms with Crippen LogP contribution in [0.2, 0.25) is 0 Å². The Morgan fingerprint density at radius 3 is 2.39 bits per heavy atom. The van der Waals surface area contributed by atoms with E-state index in [1.54, 1.807) is 40.2 Å². The zero-order chi connectivity index (χ0) is 26.6. The highest BCUT2D eigenvalue weighted by atomic mass is 32.2. The normalized spacial score (nSPS) is 12.7. The Morgan fingerprint density at radius 2 is 1.71 bits per heavy atom. The fraction of sp³-hybridized carbons (Fsp3) is 0.286. The van der Waals surface area contributed by atoms with Crippen molar-refractivity contribution >= 4 is 56.5 Å². The lowest BCUT2D eigenvalue weighted by Gasteiger charge is -2.14. The number of carbonyl (C=O) groups is 2. The number of fused-ring (bicyclic) bond motifs is 3. The molecular formula is C28H28N4O4S2. The number of hydrogen-bond donors (Lipinski definition) is 2. The van der Waals surface area contributed by atoms with Gasteiger partial charge in [-0.1, -0.05) is 11.8 Å². The Hall–Kier alpha value is -3.63. The highest BCUT2D eigenvalue weighted by molar-refractivity contribution is 7.99. The van der Waals surface area contributed by atoms with Gasteiger partial charge in [0.15, 0.2) is 5.16 Å². The molecule has 0 unspecified atom stereocenters. The molecule has 0 bridgehead atoms. The Balaban J connectivity index is 1.43. The fourth-order valence-electron chi connectivity index (χ4n) is 4.54. The number of aromatic nitrogens is 2. The molecule has 0 atom stereocenters. The van der Waals surface area contributed by atoms with Crippen LogP contribution in [0.3, 0.4) is 0 Å². The average Bonchev–Trinajstić information content (AvgIpc) is 3.28. The van der Waals surface area contributed by atoms with Crippen LogP contribution < -0.4 is 20.9 Å². The number of nitrogens with one attached hydrogen (secondary N) is 2. The summed E-state index contributed by atoms with van der Waals surface area (Å²) in [4.78, 5) is 44.8. The van der Waals surface area contributed by atoms with Gasteiger partial charge in [0.25, 0.3) is 5.56 Å². The first-order chi connectivity index (χ1) is 18.4. The highest BCUT2D eigenvalue weighted by Crippen LogP contribution is 2.35. The van der Waals surface area contributed by atoms with E-state index in [4.69, 9.17) is 9.72 Å². The summed E-state index contributed by atoms with van der Waals surface area (Å²) in [7, 11) is 0. The molecule has 1 aliphatic rings. The number of thioether (sulfide) groups is 1. The zero-order valence-electron chi connectivity index (χ0n) is 21.2. The molecule has 8 nitrogen and oxygen atoms in total. The van der Waals surface area contributed by atoms with Crippen LogP contribution in [0.5, 0.6) is 5.75 Å². The number of benzene rings is 2. The Kier molecular flexibility index (Phi) is 7.80. The van der Waals surface area contributed by atoms with Gasteiger partial charge in [0.05, 0.1) is 23.4 Å². The lowest BCUT2D eigenvalue weighted by Crippen LogP contribution is -2.23. The Morgan fingerprint density at radius 1 is 1.03 bits per heavy atom. The molecule has 2 N–H and O–H groups in total. The molecule has 0 spiro atoms. The largest absolute Gasteiger partial charge is 0.494 e. The van der Waals surface area contributed by atoms with E-state index in [1.807, 2.05) is 31.2 Å². The van der Waals surface area contributed by atoms with Gasteiger partial charge in [0.2, 0.25) is 11.8 Å². The number of anilines is 2. The van der Waals surface area contributed by atoms with Crippen LogP contribution >= 0.6 is 23.1 Å². The predicted octanol–water partition coefficient (Wildman–Crippen LogP) is 5.41. The van der Waals surface area contributed by atoms with E-state index in [-0.39, 0.29) is 23.1 Å². The van der Waals surface area contributed by atoms with Crippen molar-refractivity contribution in [3.8, 4) is 11.4 Å². The van der Waals surface area contributed by atoms with Crippen LogP contribution in [0.25, 0.3) is 15.9 Å². The molecule has 10 heteroatoms. The summed E-state index contributed by atoms with van der Waals surface area (Å²) < 4.78 is 7.18. The number of thiophene rings is 1. The molecule has 2 aromatic heterocycles. The van der Waals surface area contributed by atoms with Gasteiger partial charge >= 0.3 is 0 Å². The van der Waals surface area contributed by atoms with E-state index >= 15 is 0 Å². The van der Waals surface area contributed by atoms with Crippen LogP contribution in [0.1, 0.15) is 37.1 Å². The number of amides is 2. The maximum Gasteiger partial charge on any atom is 0.267 e. The molecule has 2 heterocycles. The monoisotopic (exact) mass is 548 g/mol. The third-order valence-corrected chi connectivity index (χ3v) is 8.31. The van der Waals surface area contributed by atoms with E-state index in [1.165, 1.54) is 23.6 Å². The molecule has 0 aliphatic heterocycles. The summed E-state index contributed by atoms with van der Waals surface area (Å²) in [5.74, 6) is 0.422. The molecule has 2 amide bonds. The Bertz CT molecular complexity index is 1540. The first kappa shape index (κ1) is 26.0. The summed E-state index contributed by atoms with van der Waals surface area (Å²) >= 11 is 2.82. The number of rotatable bonds is 8. The first-order valence-electron chi connectivity index (χ1n) is 12.5. The number of aryl methyl sites for hydroxylation is 2. The van der Waals surface area contributed by atoms with Crippen molar-refractivity contribution in [1.82, 2.24) is 9.55 Å². The molecule has 5 rings (SSSR count). The standard InChI is InChI=1S/C28H28N4O4S2/c1-3-36-21-14-12-20(13-15-21)32-27(35)25-22-6-4-5-7-23(22)38-26(25)31-28(32)37-16-24(34)30-19-10-8-18(9-11-19)29-17(2)33/h8-15H,3-7,16H2,1-2H3,(H,29,33)(H,30,34). The second-order valence-corrected chi connectivity index (χ2v) is 11.0. The van der Waals surface area contributed by atoms with E-state index in [0.717, 1.165) is 41.8 Å². The average molecular weight is 549 g/mol. The van der Waals surface area contributed by atoms with Crippen molar-refractivity contribution in [3.63, 3.8) is 0 Å². The number of carbonyl (C=O) groups excluding carboxylic acids is 2. The molecule has 0 saturated heterocycles. The zero-order valence-corrected chi connectivity index (χ0v) is 22.8. The molecule has 4 aromatic rings. The minimum absolute atomic E-state index is 0.0769. The van der Waals surface area contributed by atoms with Crippen LogP contribution in [0.15, 0.2) is 58.5 Å².